The maximum Gasteiger partial charge on any atom is 0.243 e. The largest absolute Gasteiger partial charge is 0.455 e. The van der Waals surface area contributed by atoms with Crippen molar-refractivity contribution in [3.63, 3.8) is 0 Å². The van der Waals surface area contributed by atoms with Gasteiger partial charge in [0.2, 0.25) is 5.91 Å². The summed E-state index contributed by atoms with van der Waals surface area (Å²) in [5, 5.41) is 4.07. The molecule has 5 heteroatoms. The van der Waals surface area contributed by atoms with Gasteiger partial charge in [-0.25, -0.2) is 5.43 Å². The minimum absolute atomic E-state index is 0.0172. The van der Waals surface area contributed by atoms with Gasteiger partial charge in [0.1, 0.15) is 11.5 Å². The number of hydrogen-bond donors (Lipinski definition) is 1. The predicted molar refractivity (Wildman–Crippen MR) is 124 cm³/mol. The van der Waals surface area contributed by atoms with E-state index in [1.54, 1.807) is 0 Å². The number of hydrogen-bond acceptors (Lipinski definition) is 3. The van der Waals surface area contributed by atoms with Gasteiger partial charge in [0.15, 0.2) is 0 Å². The van der Waals surface area contributed by atoms with Crippen LogP contribution >= 0.6 is 15.9 Å². The zero-order valence-electron chi connectivity index (χ0n) is 17.4. The number of amides is 1. The van der Waals surface area contributed by atoms with E-state index in [0.29, 0.717) is 5.76 Å². The third kappa shape index (κ3) is 4.73. The smallest absolute Gasteiger partial charge is 0.243 e. The van der Waals surface area contributed by atoms with Crippen molar-refractivity contribution in [1.82, 2.24) is 5.43 Å². The Hall–Kier alpha value is -2.66. The fourth-order valence-corrected chi connectivity index (χ4v) is 3.94. The molecular formula is C25H25BrN2O2. The van der Waals surface area contributed by atoms with E-state index in [4.69, 9.17) is 4.42 Å². The lowest BCUT2D eigenvalue weighted by Gasteiger charge is -2.19. The molecule has 3 aromatic rings. The third-order valence-electron chi connectivity index (χ3n) is 5.43. The van der Waals surface area contributed by atoms with E-state index in [1.165, 1.54) is 17.3 Å². The van der Waals surface area contributed by atoms with Crippen LogP contribution in [0, 0.1) is 5.92 Å². The number of furan rings is 1. The first-order valence-electron chi connectivity index (χ1n) is 10.1. The first kappa shape index (κ1) is 20.6. The molecule has 1 aliphatic carbocycles. The molecular weight excluding hydrogens is 440 g/mol. The quantitative estimate of drug-likeness (QED) is 0.357. The Morgan fingerprint density at radius 2 is 1.90 bits per heavy atom. The summed E-state index contributed by atoms with van der Waals surface area (Å²) in [4.78, 5) is 12.4. The van der Waals surface area contributed by atoms with E-state index in [2.05, 4.69) is 71.5 Å². The lowest BCUT2D eigenvalue weighted by atomic mass is 9.86. The van der Waals surface area contributed by atoms with Crippen LogP contribution in [-0.2, 0) is 10.2 Å². The zero-order valence-corrected chi connectivity index (χ0v) is 18.9. The van der Waals surface area contributed by atoms with Crippen molar-refractivity contribution in [2.75, 3.05) is 0 Å². The van der Waals surface area contributed by atoms with E-state index in [0.717, 1.165) is 22.2 Å². The molecule has 154 valence electrons. The van der Waals surface area contributed by atoms with E-state index < -0.39 is 0 Å². The molecule has 2 aromatic carbocycles. The number of nitrogens with zero attached hydrogens (tertiary/aromatic N) is 1. The number of carbonyl (C=O) groups is 1. The van der Waals surface area contributed by atoms with Gasteiger partial charge in [-0.1, -0.05) is 73.1 Å². The summed E-state index contributed by atoms with van der Waals surface area (Å²) in [7, 11) is 0. The summed E-state index contributed by atoms with van der Waals surface area (Å²) in [6.45, 7) is 6.61. The van der Waals surface area contributed by atoms with Crippen LogP contribution in [-0.4, -0.2) is 12.1 Å². The summed E-state index contributed by atoms with van der Waals surface area (Å²) in [6.07, 6.45) is 2.40. The van der Waals surface area contributed by atoms with Crippen LogP contribution in [0.1, 0.15) is 50.0 Å². The summed E-state index contributed by atoms with van der Waals surface area (Å²) in [5.41, 5.74) is 6.29. The van der Waals surface area contributed by atoms with Gasteiger partial charge < -0.3 is 4.42 Å². The highest BCUT2D eigenvalue weighted by atomic mass is 79.9. The van der Waals surface area contributed by atoms with Crippen LogP contribution in [0.15, 0.2) is 74.7 Å². The van der Waals surface area contributed by atoms with Gasteiger partial charge in [-0.05, 0) is 53.1 Å². The van der Waals surface area contributed by atoms with Crippen molar-refractivity contribution < 1.29 is 9.21 Å². The maximum atomic E-state index is 12.4. The van der Waals surface area contributed by atoms with Crippen LogP contribution in [0.4, 0.5) is 0 Å². The number of hydrazone groups is 1. The molecule has 0 bridgehead atoms. The molecule has 1 fully saturated rings. The minimum atomic E-state index is -0.0464. The Bertz CT molecular complexity index is 1080. The van der Waals surface area contributed by atoms with Gasteiger partial charge in [-0.15, -0.1) is 0 Å². The molecule has 4 rings (SSSR count). The number of benzene rings is 2. The number of halogens is 1. The van der Waals surface area contributed by atoms with Gasteiger partial charge in [0.05, 0.1) is 6.21 Å². The maximum absolute atomic E-state index is 12.4. The van der Waals surface area contributed by atoms with Gasteiger partial charge in [-0.3, -0.25) is 4.79 Å². The number of rotatable bonds is 5. The topological polar surface area (TPSA) is 54.6 Å². The predicted octanol–water partition coefficient (Wildman–Crippen LogP) is 6.26. The molecule has 0 spiro atoms. The van der Waals surface area contributed by atoms with Gasteiger partial charge in [-0.2, -0.15) is 5.10 Å². The number of nitrogens with one attached hydrogen (secondary N) is 1. The fourth-order valence-electron chi connectivity index (χ4n) is 3.55. The summed E-state index contributed by atoms with van der Waals surface area (Å²) < 4.78 is 6.78. The van der Waals surface area contributed by atoms with E-state index in [9.17, 15) is 4.79 Å². The zero-order chi connectivity index (χ0) is 21.3. The molecule has 0 aliphatic heterocycles. The fraction of sp³-hybridized carbons (Fsp3) is 0.280. The van der Waals surface area contributed by atoms with Crippen molar-refractivity contribution in [2.45, 2.75) is 38.5 Å². The first-order chi connectivity index (χ1) is 14.3. The average molecular weight is 465 g/mol. The van der Waals surface area contributed by atoms with E-state index in [1.807, 2.05) is 36.4 Å². The molecule has 30 heavy (non-hydrogen) atoms. The summed E-state index contributed by atoms with van der Waals surface area (Å²) in [6, 6.07) is 20.2. The Kier molecular flexibility index (Phi) is 5.65. The molecule has 0 saturated heterocycles. The third-order valence-corrected chi connectivity index (χ3v) is 5.93. The van der Waals surface area contributed by atoms with Crippen LogP contribution < -0.4 is 5.43 Å². The van der Waals surface area contributed by atoms with Crippen molar-refractivity contribution in [2.24, 2.45) is 11.0 Å². The molecule has 1 aliphatic rings. The standard InChI is InChI=1S/C25H25BrN2O2/c1-25(2,3)18-9-7-16(8-10-18)21-14-22(21)24(29)28-27-15-20-11-12-23(30-20)17-5-4-6-19(26)13-17/h4-13,15,21-22H,14H2,1-3H3,(H,28,29)/t21-,22-/m1/s1. The molecule has 1 saturated carbocycles. The van der Waals surface area contributed by atoms with Gasteiger partial charge in [0, 0.05) is 16.0 Å². The van der Waals surface area contributed by atoms with Crippen LogP contribution in [0.25, 0.3) is 11.3 Å². The molecule has 2 atom stereocenters. The monoisotopic (exact) mass is 464 g/mol. The van der Waals surface area contributed by atoms with Crippen molar-refractivity contribution in [3.05, 3.63) is 82.0 Å². The Balaban J connectivity index is 1.32. The summed E-state index contributed by atoms with van der Waals surface area (Å²) in [5.74, 6) is 1.56. The second kappa shape index (κ2) is 8.23. The van der Waals surface area contributed by atoms with E-state index in [-0.39, 0.29) is 23.2 Å². The SMILES string of the molecule is CC(C)(C)c1ccc([C@H]2C[C@H]2C(=O)NN=Cc2ccc(-c3cccc(Br)c3)o2)cc1. The second-order valence-electron chi connectivity index (χ2n) is 8.77. The lowest BCUT2D eigenvalue weighted by molar-refractivity contribution is -0.122. The Morgan fingerprint density at radius 1 is 1.13 bits per heavy atom. The number of carbonyl (C=O) groups excluding carboxylic acids is 1. The molecule has 1 N–H and O–H groups in total. The van der Waals surface area contributed by atoms with E-state index >= 15 is 0 Å². The molecule has 1 amide bonds. The second-order valence-corrected chi connectivity index (χ2v) is 9.68. The summed E-state index contributed by atoms with van der Waals surface area (Å²) >= 11 is 3.46. The minimum Gasteiger partial charge on any atom is -0.455 e. The van der Waals surface area contributed by atoms with Crippen molar-refractivity contribution >= 4 is 28.1 Å². The van der Waals surface area contributed by atoms with Crippen molar-refractivity contribution in [1.29, 1.82) is 0 Å². The van der Waals surface area contributed by atoms with Crippen molar-refractivity contribution in [3.8, 4) is 11.3 Å². The van der Waals surface area contributed by atoms with Crippen LogP contribution in [0.2, 0.25) is 0 Å². The van der Waals surface area contributed by atoms with Crippen LogP contribution in [0.3, 0.4) is 0 Å². The lowest BCUT2D eigenvalue weighted by Crippen LogP contribution is -2.20. The normalized spacial score (nSPS) is 18.5. The molecule has 0 unspecified atom stereocenters. The highest BCUT2D eigenvalue weighted by Crippen LogP contribution is 2.47. The Labute approximate surface area is 185 Å². The molecule has 1 aromatic heterocycles. The first-order valence-corrected chi connectivity index (χ1v) is 10.9. The van der Waals surface area contributed by atoms with Gasteiger partial charge in [0.25, 0.3) is 0 Å². The van der Waals surface area contributed by atoms with Gasteiger partial charge >= 0.3 is 0 Å². The Morgan fingerprint density at radius 3 is 2.60 bits per heavy atom. The highest BCUT2D eigenvalue weighted by molar-refractivity contribution is 9.10. The molecule has 4 nitrogen and oxygen atoms in total. The highest BCUT2D eigenvalue weighted by Gasteiger charge is 2.44. The molecule has 1 heterocycles. The molecule has 0 radical (unpaired) electrons. The van der Waals surface area contributed by atoms with Crippen LogP contribution in [0.5, 0.6) is 0 Å². The average Bonchev–Trinajstić information content (AvgIpc) is 3.38.